The smallest absolute Gasteiger partial charge is 0.147 e. The first kappa shape index (κ1) is 15.2. The Bertz CT molecular complexity index is 449. The van der Waals surface area contributed by atoms with Crippen molar-refractivity contribution in [3.05, 3.63) is 24.0 Å². The number of nitrogens with one attached hydrogen (secondary N) is 1. The highest BCUT2D eigenvalue weighted by Crippen LogP contribution is 2.04. The van der Waals surface area contributed by atoms with Crippen LogP contribution in [0, 0.1) is 5.92 Å². The maximum atomic E-state index is 11.1. The third kappa shape index (κ3) is 6.21. The number of hydrogen-bond donors (Lipinski definition) is 1. The quantitative estimate of drug-likeness (QED) is 0.783. The van der Waals surface area contributed by atoms with E-state index in [-0.39, 0.29) is 5.75 Å². The molecular formula is C13H24N2O2S. The van der Waals surface area contributed by atoms with Crippen molar-refractivity contribution in [1.82, 2.24) is 9.88 Å². The number of rotatable bonds is 8. The Balaban J connectivity index is 2.40. The maximum Gasteiger partial charge on any atom is 0.147 e. The lowest BCUT2D eigenvalue weighted by Gasteiger charge is -2.11. The molecule has 0 unspecified atom stereocenters. The van der Waals surface area contributed by atoms with Crippen LogP contribution >= 0.6 is 0 Å². The van der Waals surface area contributed by atoms with Gasteiger partial charge in [0.1, 0.15) is 9.84 Å². The van der Waals surface area contributed by atoms with E-state index in [2.05, 4.69) is 29.8 Å². The third-order valence-electron chi connectivity index (χ3n) is 2.70. The van der Waals surface area contributed by atoms with Crippen molar-refractivity contribution in [2.24, 2.45) is 5.92 Å². The fraction of sp³-hybridized carbons (Fsp3) is 0.692. The summed E-state index contributed by atoms with van der Waals surface area (Å²) in [4.78, 5) is 0. The highest BCUT2D eigenvalue weighted by molar-refractivity contribution is 7.90. The first-order chi connectivity index (χ1) is 8.38. The number of aromatic nitrogens is 1. The van der Waals surface area contributed by atoms with Crippen molar-refractivity contribution < 1.29 is 8.42 Å². The molecule has 1 N–H and O–H groups in total. The fourth-order valence-electron chi connectivity index (χ4n) is 1.81. The minimum absolute atomic E-state index is 0.254. The van der Waals surface area contributed by atoms with Gasteiger partial charge in [0, 0.05) is 31.2 Å². The van der Waals surface area contributed by atoms with Crippen molar-refractivity contribution in [3.8, 4) is 0 Å². The standard InChI is InChI=1S/C13H24N2O2S/c1-12(2)10-14-11-13-6-4-7-15(13)8-5-9-18(3,16)17/h4,6-7,12,14H,5,8-11H2,1-3H3. The lowest BCUT2D eigenvalue weighted by molar-refractivity contribution is 0.531. The summed E-state index contributed by atoms with van der Waals surface area (Å²) < 4.78 is 24.3. The van der Waals surface area contributed by atoms with Gasteiger partial charge in [-0.1, -0.05) is 13.8 Å². The lowest BCUT2D eigenvalue weighted by Crippen LogP contribution is -2.21. The van der Waals surface area contributed by atoms with E-state index in [4.69, 9.17) is 0 Å². The molecule has 18 heavy (non-hydrogen) atoms. The van der Waals surface area contributed by atoms with E-state index in [9.17, 15) is 8.42 Å². The predicted octanol–water partition coefficient (Wildman–Crippen LogP) is 1.67. The van der Waals surface area contributed by atoms with Crippen molar-refractivity contribution in [3.63, 3.8) is 0 Å². The molecule has 1 aromatic rings. The Kier molecular flexibility index (Phi) is 5.88. The van der Waals surface area contributed by atoms with Gasteiger partial charge in [0.2, 0.25) is 0 Å². The maximum absolute atomic E-state index is 11.1. The largest absolute Gasteiger partial charge is 0.350 e. The zero-order valence-electron chi connectivity index (χ0n) is 11.5. The van der Waals surface area contributed by atoms with Crippen LogP contribution < -0.4 is 5.32 Å². The number of sulfone groups is 1. The van der Waals surface area contributed by atoms with Gasteiger partial charge in [-0.3, -0.25) is 0 Å². The highest BCUT2D eigenvalue weighted by atomic mass is 32.2. The molecule has 0 aliphatic carbocycles. The topological polar surface area (TPSA) is 51.1 Å². The Labute approximate surface area is 110 Å². The zero-order chi connectivity index (χ0) is 13.6. The van der Waals surface area contributed by atoms with E-state index in [1.807, 2.05) is 12.3 Å². The van der Waals surface area contributed by atoms with E-state index in [1.54, 1.807) is 0 Å². The molecule has 1 aromatic heterocycles. The van der Waals surface area contributed by atoms with Gasteiger partial charge in [-0.05, 0) is 31.0 Å². The molecule has 104 valence electrons. The zero-order valence-corrected chi connectivity index (χ0v) is 12.3. The molecule has 0 aromatic carbocycles. The molecule has 0 bridgehead atoms. The summed E-state index contributed by atoms with van der Waals surface area (Å²) in [5.41, 5.74) is 1.21. The lowest BCUT2D eigenvalue weighted by atomic mass is 10.2. The molecule has 0 amide bonds. The van der Waals surface area contributed by atoms with Crippen LogP contribution in [0.25, 0.3) is 0 Å². The van der Waals surface area contributed by atoms with Gasteiger partial charge in [-0.15, -0.1) is 0 Å². The van der Waals surface area contributed by atoms with Gasteiger partial charge in [0.05, 0.1) is 5.75 Å². The van der Waals surface area contributed by atoms with Crippen LogP contribution in [0.2, 0.25) is 0 Å². The summed E-state index contributed by atoms with van der Waals surface area (Å²) in [6.45, 7) is 6.95. The summed E-state index contributed by atoms with van der Waals surface area (Å²) in [7, 11) is -2.85. The Morgan fingerprint density at radius 3 is 2.72 bits per heavy atom. The second-order valence-electron chi connectivity index (χ2n) is 5.20. The molecule has 0 fully saturated rings. The molecule has 0 saturated carbocycles. The van der Waals surface area contributed by atoms with E-state index in [0.717, 1.165) is 19.6 Å². The molecule has 1 heterocycles. The summed E-state index contributed by atoms with van der Waals surface area (Å²) in [5, 5.41) is 3.40. The Morgan fingerprint density at radius 1 is 1.39 bits per heavy atom. The van der Waals surface area contributed by atoms with Crippen LogP contribution in [0.15, 0.2) is 18.3 Å². The second kappa shape index (κ2) is 6.95. The normalized spacial score (nSPS) is 12.2. The molecule has 0 aliphatic heterocycles. The second-order valence-corrected chi connectivity index (χ2v) is 7.46. The van der Waals surface area contributed by atoms with Crippen molar-refractivity contribution in [2.75, 3.05) is 18.6 Å². The first-order valence-corrected chi connectivity index (χ1v) is 8.47. The van der Waals surface area contributed by atoms with E-state index in [0.29, 0.717) is 12.3 Å². The number of nitrogens with zero attached hydrogens (tertiary/aromatic N) is 1. The van der Waals surface area contributed by atoms with Crippen molar-refractivity contribution in [1.29, 1.82) is 0 Å². The van der Waals surface area contributed by atoms with Gasteiger partial charge in [0.25, 0.3) is 0 Å². The van der Waals surface area contributed by atoms with Gasteiger partial charge < -0.3 is 9.88 Å². The number of aryl methyl sites for hydroxylation is 1. The van der Waals surface area contributed by atoms with E-state index >= 15 is 0 Å². The molecule has 5 heteroatoms. The van der Waals surface area contributed by atoms with E-state index in [1.165, 1.54) is 11.9 Å². The monoisotopic (exact) mass is 272 g/mol. The molecule has 0 radical (unpaired) electrons. The van der Waals surface area contributed by atoms with E-state index < -0.39 is 9.84 Å². The SMILES string of the molecule is CC(C)CNCc1cccn1CCCS(C)(=O)=O. The molecular weight excluding hydrogens is 248 g/mol. The average molecular weight is 272 g/mol. The van der Waals surface area contributed by atoms with Gasteiger partial charge in [-0.2, -0.15) is 0 Å². The summed E-state index contributed by atoms with van der Waals surface area (Å²) in [6, 6.07) is 4.08. The molecule has 0 spiro atoms. The first-order valence-electron chi connectivity index (χ1n) is 6.41. The Morgan fingerprint density at radius 2 is 2.11 bits per heavy atom. The van der Waals surface area contributed by atoms with Crippen molar-refractivity contribution >= 4 is 9.84 Å². The number of hydrogen-bond acceptors (Lipinski definition) is 3. The summed E-state index contributed by atoms with van der Waals surface area (Å²) in [6.07, 6.45) is 3.97. The van der Waals surface area contributed by atoms with Crippen LogP contribution in [0.3, 0.4) is 0 Å². The molecule has 1 rings (SSSR count). The van der Waals surface area contributed by atoms with Crippen molar-refractivity contribution in [2.45, 2.75) is 33.4 Å². The molecule has 0 atom stereocenters. The van der Waals surface area contributed by atoms with Crippen LogP contribution in [0.4, 0.5) is 0 Å². The van der Waals surface area contributed by atoms with Crippen LogP contribution in [-0.2, 0) is 22.9 Å². The van der Waals surface area contributed by atoms with Gasteiger partial charge >= 0.3 is 0 Å². The van der Waals surface area contributed by atoms with Crippen LogP contribution in [-0.4, -0.2) is 31.5 Å². The average Bonchev–Trinajstić information content (AvgIpc) is 2.63. The van der Waals surface area contributed by atoms with Gasteiger partial charge in [0.15, 0.2) is 0 Å². The van der Waals surface area contributed by atoms with Gasteiger partial charge in [-0.25, -0.2) is 8.42 Å². The third-order valence-corrected chi connectivity index (χ3v) is 3.73. The molecule has 0 saturated heterocycles. The summed E-state index contributed by atoms with van der Waals surface area (Å²) >= 11 is 0. The fourth-order valence-corrected chi connectivity index (χ4v) is 2.47. The highest BCUT2D eigenvalue weighted by Gasteiger charge is 2.04. The van der Waals surface area contributed by atoms with Crippen LogP contribution in [0.1, 0.15) is 26.0 Å². The minimum Gasteiger partial charge on any atom is -0.350 e. The Hall–Kier alpha value is -0.810. The predicted molar refractivity (Wildman–Crippen MR) is 75.3 cm³/mol. The minimum atomic E-state index is -2.85. The van der Waals surface area contributed by atoms with Crippen LogP contribution in [0.5, 0.6) is 0 Å². The molecule has 4 nitrogen and oxygen atoms in total. The summed E-state index contributed by atoms with van der Waals surface area (Å²) in [5.74, 6) is 0.892. The molecule has 0 aliphatic rings.